The Balaban J connectivity index is 0. The van der Waals surface area contributed by atoms with Crippen molar-refractivity contribution in [1.82, 2.24) is 0 Å². The Bertz CT molecular complexity index is 332. The fourth-order valence-electron chi connectivity index (χ4n) is 2.74. The number of allylic oxidation sites excluding steroid dienone is 4. The van der Waals surface area contributed by atoms with Crippen molar-refractivity contribution in [2.24, 2.45) is 0 Å². The molecular weight excluding hydrogens is 338 g/mol. The summed E-state index contributed by atoms with van der Waals surface area (Å²) < 4.78 is 0.784. The normalized spacial score (nSPS) is 22.3. The Morgan fingerprint density at radius 3 is 2.17 bits per heavy atom. The van der Waals surface area contributed by atoms with Crippen LogP contribution < -0.4 is 37.2 Å². The molecule has 0 radical (unpaired) electrons. The molecule has 0 aromatic carbocycles. The molecule has 0 spiro atoms. The summed E-state index contributed by atoms with van der Waals surface area (Å²) in [5, 5.41) is 0. The van der Waals surface area contributed by atoms with Crippen molar-refractivity contribution in [1.29, 1.82) is 0 Å². The third-order valence-electron chi connectivity index (χ3n) is 3.37. The molecule has 1 unspecified atom stereocenters. The first-order chi connectivity index (χ1) is 6.97. The smallest absolute Gasteiger partial charge is 1.00 e. The van der Waals surface area contributed by atoms with Gasteiger partial charge >= 0.3 is 107 Å². The molecule has 0 N–H and O–H groups in total. The maximum atomic E-state index is 2.55. The minimum atomic E-state index is -0.923. The van der Waals surface area contributed by atoms with Gasteiger partial charge in [-0.05, 0) is 0 Å². The number of hydrogen-bond donors (Lipinski definition) is 0. The second kappa shape index (κ2) is 8.54. The Morgan fingerprint density at radius 1 is 1.11 bits per heavy atom. The summed E-state index contributed by atoms with van der Waals surface area (Å²) in [6.07, 6.45) is 8.13. The summed E-state index contributed by atoms with van der Waals surface area (Å²) in [5.41, 5.74) is 5.25. The van der Waals surface area contributed by atoms with Crippen LogP contribution in [-0.4, -0.2) is 8.07 Å². The van der Waals surface area contributed by atoms with Gasteiger partial charge in [-0.15, -0.1) is 0 Å². The molecule has 0 heterocycles. The van der Waals surface area contributed by atoms with Gasteiger partial charge in [-0.3, -0.25) is 0 Å². The molecule has 5 heteroatoms. The summed E-state index contributed by atoms with van der Waals surface area (Å²) in [4.78, 5) is 0. The minimum absolute atomic E-state index is 0. The monoisotopic (exact) mass is 358 g/mol. The standard InChI is InChI=1S/C13H21Si.3ClH.Ti/c1-14(2,3)10-11-8-12-6-4-5-7-13(12)9-11;;;;/h8-9H,4-7,10H2,1-3H3;3*1H;/q;;;;+3/p-3. The van der Waals surface area contributed by atoms with E-state index in [4.69, 9.17) is 0 Å². The van der Waals surface area contributed by atoms with Gasteiger partial charge in [-0.1, -0.05) is 0 Å². The Hall–Kier alpha value is 1.28. The largest absolute Gasteiger partial charge is 1.00 e. The molecule has 102 valence electrons. The molecule has 0 aromatic rings. The van der Waals surface area contributed by atoms with E-state index in [9.17, 15) is 0 Å². The van der Waals surface area contributed by atoms with Crippen LogP contribution in [0, 0.1) is 0 Å². The van der Waals surface area contributed by atoms with Crippen LogP contribution in [0.15, 0.2) is 22.8 Å². The molecule has 18 heavy (non-hydrogen) atoms. The molecule has 2 rings (SSSR count). The number of hydrogen-bond acceptors (Lipinski definition) is 0. The van der Waals surface area contributed by atoms with E-state index in [-0.39, 0.29) is 37.2 Å². The fourth-order valence-corrected chi connectivity index (χ4v) is 5.40. The maximum absolute atomic E-state index is 2.55. The quantitative estimate of drug-likeness (QED) is 0.436. The van der Waals surface area contributed by atoms with Crippen molar-refractivity contribution >= 4 is 8.07 Å². The van der Waals surface area contributed by atoms with Gasteiger partial charge in [0.05, 0.1) is 0 Å². The topological polar surface area (TPSA) is 0 Å². The Kier molecular flexibility index (Phi) is 10.2. The van der Waals surface area contributed by atoms with Crippen molar-refractivity contribution in [2.75, 3.05) is 0 Å². The van der Waals surface area contributed by atoms with Crippen LogP contribution in [0.4, 0.5) is 0 Å². The van der Waals surface area contributed by atoms with Gasteiger partial charge in [0.2, 0.25) is 0 Å². The van der Waals surface area contributed by atoms with Gasteiger partial charge in [-0.25, -0.2) is 0 Å². The van der Waals surface area contributed by atoms with Gasteiger partial charge < -0.3 is 37.2 Å². The first-order valence-electron chi connectivity index (χ1n) is 6.11. The van der Waals surface area contributed by atoms with E-state index >= 15 is 0 Å². The number of rotatable bonds is 2. The molecule has 1 atom stereocenters. The Morgan fingerprint density at radius 2 is 1.67 bits per heavy atom. The SMILES string of the molecule is C[Si](C)(C)CC1=CC2=C(CCCC2)[CH]1[Ti+3].[Cl-].[Cl-].[Cl-]. The van der Waals surface area contributed by atoms with E-state index in [0.29, 0.717) is 0 Å². The molecule has 0 nitrogen and oxygen atoms in total. The third-order valence-corrected chi connectivity index (χ3v) is 5.96. The van der Waals surface area contributed by atoms with Crippen LogP contribution in [0.5, 0.6) is 0 Å². The average molecular weight is 360 g/mol. The zero-order valence-corrected chi connectivity index (χ0v) is 16.2. The summed E-state index contributed by atoms with van der Waals surface area (Å²) in [7, 11) is -0.923. The van der Waals surface area contributed by atoms with E-state index < -0.39 is 8.07 Å². The minimum Gasteiger partial charge on any atom is -1.00 e. The van der Waals surface area contributed by atoms with Crippen molar-refractivity contribution < 1.29 is 57.7 Å². The molecule has 2 aliphatic carbocycles. The van der Waals surface area contributed by atoms with E-state index in [1.165, 1.54) is 31.7 Å². The summed E-state index contributed by atoms with van der Waals surface area (Å²) >= 11 is 2.43. The molecular formula is C13H21Cl3SiTi. The van der Waals surface area contributed by atoms with Gasteiger partial charge in [-0.2, -0.15) is 0 Å². The molecule has 0 aromatic heterocycles. The second-order valence-electron chi connectivity index (χ2n) is 6.15. The van der Waals surface area contributed by atoms with Gasteiger partial charge in [0, 0.05) is 0 Å². The van der Waals surface area contributed by atoms with Crippen LogP contribution in [0.25, 0.3) is 0 Å². The van der Waals surface area contributed by atoms with E-state index in [1.807, 2.05) is 0 Å². The maximum Gasteiger partial charge on any atom is -1.00 e. The van der Waals surface area contributed by atoms with E-state index in [1.54, 1.807) is 16.7 Å². The third kappa shape index (κ3) is 5.34. The molecule has 0 bridgehead atoms. The molecule has 0 saturated carbocycles. The summed E-state index contributed by atoms with van der Waals surface area (Å²) in [5.74, 6) is 0. The molecule has 2 aliphatic rings. The fraction of sp³-hybridized carbons (Fsp3) is 0.692. The zero-order chi connectivity index (χ0) is 11.1. The van der Waals surface area contributed by atoms with E-state index in [2.05, 4.69) is 46.2 Å². The van der Waals surface area contributed by atoms with Crippen molar-refractivity contribution in [3.05, 3.63) is 22.8 Å². The predicted molar refractivity (Wildman–Crippen MR) is 65.5 cm³/mol. The average Bonchev–Trinajstić information content (AvgIpc) is 2.42. The summed E-state index contributed by atoms with van der Waals surface area (Å²) in [6, 6.07) is 1.40. The number of halogens is 3. The van der Waals surface area contributed by atoms with Crippen LogP contribution >= 0.6 is 0 Å². The van der Waals surface area contributed by atoms with Crippen LogP contribution in [0.3, 0.4) is 0 Å². The van der Waals surface area contributed by atoms with Crippen molar-refractivity contribution in [3.63, 3.8) is 0 Å². The first kappa shape index (κ1) is 21.6. The molecule has 0 amide bonds. The van der Waals surface area contributed by atoms with Crippen molar-refractivity contribution in [3.8, 4) is 0 Å². The second-order valence-corrected chi connectivity index (χ2v) is 12.5. The van der Waals surface area contributed by atoms with E-state index in [0.717, 1.165) is 4.22 Å². The van der Waals surface area contributed by atoms with Crippen LogP contribution in [-0.2, 0) is 20.4 Å². The van der Waals surface area contributed by atoms with Crippen LogP contribution in [0.2, 0.25) is 29.9 Å². The van der Waals surface area contributed by atoms with Gasteiger partial charge in [0.25, 0.3) is 0 Å². The summed E-state index contributed by atoms with van der Waals surface area (Å²) in [6.45, 7) is 7.45. The Labute approximate surface area is 143 Å². The molecule has 0 saturated heterocycles. The van der Waals surface area contributed by atoms with Gasteiger partial charge in [0.1, 0.15) is 0 Å². The molecule has 0 aliphatic heterocycles. The predicted octanol–water partition coefficient (Wildman–Crippen LogP) is -4.52. The molecule has 0 fully saturated rings. The zero-order valence-electron chi connectivity index (χ0n) is 11.3. The van der Waals surface area contributed by atoms with Gasteiger partial charge in [0.15, 0.2) is 0 Å². The van der Waals surface area contributed by atoms with Crippen molar-refractivity contribution in [2.45, 2.75) is 55.6 Å². The van der Waals surface area contributed by atoms with Crippen LogP contribution in [0.1, 0.15) is 25.7 Å². The first-order valence-corrected chi connectivity index (χ1v) is 10.7.